The maximum Gasteiger partial charge on any atom is 0.309 e. The molecule has 17 heavy (non-hydrogen) atoms. The lowest BCUT2D eigenvalue weighted by molar-refractivity contribution is -0.148. The lowest BCUT2D eigenvalue weighted by Crippen LogP contribution is -2.33. The van der Waals surface area contributed by atoms with Crippen LogP contribution in [0, 0.1) is 11.8 Å². The Labute approximate surface area is 106 Å². The summed E-state index contributed by atoms with van der Waals surface area (Å²) in [6.07, 6.45) is 6.88. The fourth-order valence-corrected chi connectivity index (χ4v) is 2.71. The van der Waals surface area contributed by atoms with Gasteiger partial charge >= 0.3 is 5.97 Å². The van der Waals surface area contributed by atoms with Crippen molar-refractivity contribution in [2.24, 2.45) is 11.8 Å². The summed E-state index contributed by atoms with van der Waals surface area (Å²) in [6, 6.07) is 0. The molecule has 100 valence electrons. The summed E-state index contributed by atoms with van der Waals surface area (Å²) >= 11 is 0. The molecule has 3 nitrogen and oxygen atoms in total. The summed E-state index contributed by atoms with van der Waals surface area (Å²) in [7, 11) is 2.12. The van der Waals surface area contributed by atoms with Crippen molar-refractivity contribution in [3.8, 4) is 0 Å². The minimum atomic E-state index is -0.0667. The minimum Gasteiger partial charge on any atom is -0.466 e. The molecule has 0 N–H and O–H groups in total. The molecular weight excluding hydrogens is 214 g/mol. The third-order valence-corrected chi connectivity index (χ3v) is 3.57. The molecule has 0 aromatic heterocycles. The molecule has 0 aromatic carbocycles. The average Bonchev–Trinajstić information content (AvgIpc) is 2.30. The van der Waals surface area contributed by atoms with Gasteiger partial charge in [0.1, 0.15) is 0 Å². The quantitative estimate of drug-likeness (QED) is 0.670. The van der Waals surface area contributed by atoms with E-state index >= 15 is 0 Å². The number of nitrogens with zero attached hydrogens (tertiary/aromatic N) is 1. The van der Waals surface area contributed by atoms with E-state index in [4.69, 9.17) is 4.74 Å². The van der Waals surface area contributed by atoms with E-state index < -0.39 is 0 Å². The molecule has 1 atom stereocenters. The molecule has 1 aliphatic carbocycles. The molecule has 0 radical (unpaired) electrons. The predicted molar refractivity (Wildman–Crippen MR) is 69.9 cm³/mol. The average molecular weight is 241 g/mol. The van der Waals surface area contributed by atoms with Crippen LogP contribution in [0.5, 0.6) is 0 Å². The van der Waals surface area contributed by atoms with E-state index in [1.54, 1.807) is 0 Å². The molecule has 0 saturated heterocycles. The highest BCUT2D eigenvalue weighted by molar-refractivity contribution is 5.72. The fraction of sp³-hybridized carbons (Fsp3) is 0.929. The van der Waals surface area contributed by atoms with Crippen molar-refractivity contribution in [3.05, 3.63) is 0 Å². The van der Waals surface area contributed by atoms with Crippen molar-refractivity contribution in [2.75, 3.05) is 26.7 Å². The largest absolute Gasteiger partial charge is 0.466 e. The van der Waals surface area contributed by atoms with Gasteiger partial charge in [0.15, 0.2) is 0 Å². The Bertz CT molecular complexity index is 224. The zero-order valence-electron chi connectivity index (χ0n) is 11.6. The Hall–Kier alpha value is -0.570. The van der Waals surface area contributed by atoms with Crippen molar-refractivity contribution >= 4 is 5.97 Å². The monoisotopic (exact) mass is 241 g/mol. The lowest BCUT2D eigenvalue weighted by atomic mass is 9.89. The van der Waals surface area contributed by atoms with Gasteiger partial charge < -0.3 is 9.64 Å². The van der Waals surface area contributed by atoms with Gasteiger partial charge in [0.05, 0.1) is 12.5 Å². The van der Waals surface area contributed by atoms with E-state index in [9.17, 15) is 4.79 Å². The van der Waals surface area contributed by atoms with Crippen molar-refractivity contribution in [2.45, 2.75) is 46.0 Å². The highest BCUT2D eigenvalue weighted by Gasteiger charge is 2.19. The molecule has 3 heteroatoms. The number of ether oxygens (including phenoxy) is 1. The molecule has 1 unspecified atom stereocenters. The summed E-state index contributed by atoms with van der Waals surface area (Å²) in [5.41, 5.74) is 0. The Balaban J connectivity index is 2.22. The first-order valence-electron chi connectivity index (χ1n) is 6.98. The number of carbonyl (C=O) groups excluding carboxylic acids is 1. The normalized spacial score (nSPS) is 19.3. The van der Waals surface area contributed by atoms with Crippen LogP contribution < -0.4 is 0 Å². The van der Waals surface area contributed by atoms with E-state index in [-0.39, 0.29) is 11.9 Å². The van der Waals surface area contributed by atoms with Gasteiger partial charge in [0, 0.05) is 13.1 Å². The van der Waals surface area contributed by atoms with Gasteiger partial charge in [0.25, 0.3) is 0 Å². The first kappa shape index (κ1) is 14.5. The van der Waals surface area contributed by atoms with Gasteiger partial charge in [-0.1, -0.05) is 26.2 Å². The van der Waals surface area contributed by atoms with Crippen LogP contribution in [0.2, 0.25) is 0 Å². The Morgan fingerprint density at radius 2 is 2.00 bits per heavy atom. The number of rotatable bonds is 6. The van der Waals surface area contributed by atoms with E-state index in [1.807, 2.05) is 13.8 Å². The number of hydrogen-bond donors (Lipinski definition) is 0. The molecule has 1 aliphatic rings. The van der Waals surface area contributed by atoms with Crippen LogP contribution in [0.25, 0.3) is 0 Å². The standard InChI is InChI=1S/C14H27NO2/c1-4-17-14(16)12(2)10-15(3)11-13-8-6-5-7-9-13/h12-13H,4-11H2,1-3H3. The topological polar surface area (TPSA) is 29.5 Å². The van der Waals surface area contributed by atoms with Crippen LogP contribution in [0.1, 0.15) is 46.0 Å². The molecule has 0 heterocycles. The lowest BCUT2D eigenvalue weighted by Gasteiger charge is -2.28. The summed E-state index contributed by atoms with van der Waals surface area (Å²) in [4.78, 5) is 13.8. The van der Waals surface area contributed by atoms with Crippen molar-refractivity contribution < 1.29 is 9.53 Å². The third kappa shape index (κ3) is 5.53. The van der Waals surface area contributed by atoms with Gasteiger partial charge in [0.2, 0.25) is 0 Å². The summed E-state index contributed by atoms with van der Waals surface area (Å²) in [5.74, 6) is 0.759. The van der Waals surface area contributed by atoms with Crippen LogP contribution in [0.4, 0.5) is 0 Å². The Morgan fingerprint density at radius 1 is 1.35 bits per heavy atom. The number of carbonyl (C=O) groups is 1. The van der Waals surface area contributed by atoms with Gasteiger partial charge in [-0.05, 0) is 32.7 Å². The van der Waals surface area contributed by atoms with E-state index in [1.165, 1.54) is 32.1 Å². The molecule has 1 rings (SSSR count). The SMILES string of the molecule is CCOC(=O)C(C)CN(C)CC1CCCCC1. The second-order valence-electron chi connectivity index (χ2n) is 5.38. The van der Waals surface area contributed by atoms with Crippen LogP contribution in [0.15, 0.2) is 0 Å². The molecule has 0 amide bonds. The van der Waals surface area contributed by atoms with Crippen molar-refractivity contribution in [1.29, 1.82) is 0 Å². The smallest absolute Gasteiger partial charge is 0.309 e. The molecule has 0 aromatic rings. The molecular formula is C14H27NO2. The Morgan fingerprint density at radius 3 is 2.59 bits per heavy atom. The summed E-state index contributed by atoms with van der Waals surface area (Å²) in [5, 5.41) is 0. The molecule has 1 saturated carbocycles. The third-order valence-electron chi connectivity index (χ3n) is 3.57. The van der Waals surface area contributed by atoms with E-state index in [0.29, 0.717) is 6.61 Å². The molecule has 0 spiro atoms. The van der Waals surface area contributed by atoms with Gasteiger partial charge in [-0.2, -0.15) is 0 Å². The Kier molecular flexibility index (Phi) is 6.56. The van der Waals surface area contributed by atoms with E-state index in [0.717, 1.165) is 19.0 Å². The maximum absolute atomic E-state index is 11.5. The van der Waals surface area contributed by atoms with Gasteiger partial charge in [-0.25, -0.2) is 0 Å². The molecule has 0 aliphatic heterocycles. The zero-order valence-corrected chi connectivity index (χ0v) is 11.6. The van der Waals surface area contributed by atoms with Crippen LogP contribution in [-0.4, -0.2) is 37.6 Å². The number of esters is 1. The first-order valence-corrected chi connectivity index (χ1v) is 6.98. The fourth-order valence-electron chi connectivity index (χ4n) is 2.71. The minimum absolute atomic E-state index is 0.0106. The van der Waals surface area contributed by atoms with E-state index in [2.05, 4.69) is 11.9 Å². The van der Waals surface area contributed by atoms with Crippen molar-refractivity contribution in [1.82, 2.24) is 4.90 Å². The summed E-state index contributed by atoms with van der Waals surface area (Å²) in [6.45, 7) is 6.24. The zero-order chi connectivity index (χ0) is 12.7. The highest BCUT2D eigenvalue weighted by Crippen LogP contribution is 2.24. The van der Waals surface area contributed by atoms with Crippen molar-refractivity contribution in [3.63, 3.8) is 0 Å². The molecule has 0 bridgehead atoms. The summed E-state index contributed by atoms with van der Waals surface area (Å²) < 4.78 is 5.03. The molecule has 1 fully saturated rings. The van der Waals surface area contributed by atoms with Crippen LogP contribution >= 0.6 is 0 Å². The first-order chi connectivity index (χ1) is 8.13. The van der Waals surface area contributed by atoms with Gasteiger partial charge in [-0.3, -0.25) is 4.79 Å². The predicted octanol–water partition coefficient (Wildman–Crippen LogP) is 2.70. The maximum atomic E-state index is 11.5. The van der Waals surface area contributed by atoms with Crippen LogP contribution in [-0.2, 0) is 9.53 Å². The van der Waals surface area contributed by atoms with Gasteiger partial charge in [-0.15, -0.1) is 0 Å². The highest BCUT2D eigenvalue weighted by atomic mass is 16.5. The number of hydrogen-bond acceptors (Lipinski definition) is 3. The van der Waals surface area contributed by atoms with Crippen LogP contribution in [0.3, 0.4) is 0 Å². The second-order valence-corrected chi connectivity index (χ2v) is 5.38. The second kappa shape index (κ2) is 7.70.